The zero-order valence-corrected chi connectivity index (χ0v) is 19.3. The number of nitro benzene ring substituents is 1. The van der Waals surface area contributed by atoms with Crippen LogP contribution in [0.2, 0.25) is 0 Å². The van der Waals surface area contributed by atoms with E-state index in [-0.39, 0.29) is 28.6 Å². The van der Waals surface area contributed by atoms with E-state index in [0.29, 0.717) is 31.9 Å². The van der Waals surface area contributed by atoms with Crippen LogP contribution in [0, 0.1) is 16.0 Å². The van der Waals surface area contributed by atoms with Crippen molar-refractivity contribution in [1.82, 2.24) is 10.2 Å². The van der Waals surface area contributed by atoms with E-state index in [2.05, 4.69) is 19.2 Å². The van der Waals surface area contributed by atoms with Crippen LogP contribution >= 0.6 is 11.3 Å². The van der Waals surface area contributed by atoms with Gasteiger partial charge >= 0.3 is 6.03 Å². The number of benzene rings is 1. The number of rotatable bonds is 6. The average Bonchev–Trinajstić information content (AvgIpc) is 3.25. The normalized spacial score (nSPS) is 15.7. The molecule has 1 atom stereocenters. The Morgan fingerprint density at radius 2 is 1.87 bits per heavy atom. The van der Waals surface area contributed by atoms with Crippen molar-refractivity contribution in [3.8, 4) is 0 Å². The van der Waals surface area contributed by atoms with Crippen LogP contribution in [0.3, 0.4) is 0 Å². The summed E-state index contributed by atoms with van der Waals surface area (Å²) in [7, 11) is -3.55. The molecule has 11 heteroatoms. The lowest BCUT2D eigenvalue weighted by atomic mass is 10.0. The molecule has 2 heterocycles. The SMILES string of the molecule is CC(C)C(NC(=O)N1CCN(c2ccc(S(C)(=O)=O)cc2[N+](=O)[O-])CC1)c1cccs1. The van der Waals surface area contributed by atoms with E-state index in [1.54, 1.807) is 16.2 Å². The van der Waals surface area contributed by atoms with Crippen LogP contribution in [-0.2, 0) is 9.84 Å². The van der Waals surface area contributed by atoms with Gasteiger partial charge in [-0.2, -0.15) is 0 Å². The minimum Gasteiger partial charge on any atom is -0.362 e. The molecule has 1 saturated heterocycles. The number of piperazine rings is 1. The second-order valence-electron chi connectivity index (χ2n) is 7.84. The number of hydrogen-bond acceptors (Lipinski definition) is 7. The topological polar surface area (TPSA) is 113 Å². The van der Waals surface area contributed by atoms with Crippen LogP contribution in [-0.4, -0.2) is 56.7 Å². The van der Waals surface area contributed by atoms with Crippen LogP contribution in [0.25, 0.3) is 0 Å². The summed E-state index contributed by atoms with van der Waals surface area (Å²) in [4.78, 5) is 28.3. The van der Waals surface area contributed by atoms with Gasteiger partial charge in [0.15, 0.2) is 9.84 Å². The molecule has 31 heavy (non-hydrogen) atoms. The zero-order valence-electron chi connectivity index (χ0n) is 17.6. The van der Waals surface area contributed by atoms with Gasteiger partial charge in [-0.05, 0) is 29.5 Å². The van der Waals surface area contributed by atoms with Gasteiger partial charge < -0.3 is 15.1 Å². The molecule has 9 nitrogen and oxygen atoms in total. The molecule has 1 fully saturated rings. The van der Waals surface area contributed by atoms with E-state index in [4.69, 9.17) is 0 Å². The number of amides is 2. The first-order valence-electron chi connectivity index (χ1n) is 9.90. The number of nitro groups is 1. The molecular formula is C20H26N4O5S2. The second-order valence-corrected chi connectivity index (χ2v) is 10.8. The maximum Gasteiger partial charge on any atom is 0.318 e. The molecule has 0 radical (unpaired) electrons. The first-order chi connectivity index (χ1) is 14.6. The molecule has 0 bridgehead atoms. The van der Waals surface area contributed by atoms with Crippen LogP contribution in [0.1, 0.15) is 24.8 Å². The number of carbonyl (C=O) groups is 1. The molecule has 1 unspecified atom stereocenters. The van der Waals surface area contributed by atoms with Crippen molar-refractivity contribution in [1.29, 1.82) is 0 Å². The Hall–Kier alpha value is -2.66. The van der Waals surface area contributed by atoms with Crippen molar-refractivity contribution in [3.63, 3.8) is 0 Å². The minimum atomic E-state index is -3.55. The van der Waals surface area contributed by atoms with Crippen molar-refractivity contribution in [2.45, 2.75) is 24.8 Å². The summed E-state index contributed by atoms with van der Waals surface area (Å²) in [5.74, 6) is 0.236. The molecule has 1 aromatic heterocycles. The van der Waals surface area contributed by atoms with Gasteiger partial charge in [0, 0.05) is 43.4 Å². The molecular weight excluding hydrogens is 440 g/mol. The predicted octanol–water partition coefficient (Wildman–Crippen LogP) is 3.29. The molecule has 3 rings (SSSR count). The van der Waals surface area contributed by atoms with Gasteiger partial charge in [-0.1, -0.05) is 19.9 Å². The molecule has 2 aromatic rings. The molecule has 1 aliphatic rings. The number of sulfone groups is 1. The second kappa shape index (κ2) is 9.23. The van der Waals surface area contributed by atoms with Gasteiger partial charge in [0.2, 0.25) is 0 Å². The van der Waals surface area contributed by atoms with Crippen molar-refractivity contribution < 1.29 is 18.1 Å². The van der Waals surface area contributed by atoms with E-state index < -0.39 is 14.8 Å². The van der Waals surface area contributed by atoms with Crippen molar-refractivity contribution >= 4 is 38.6 Å². The molecule has 0 aliphatic carbocycles. The molecule has 1 aliphatic heterocycles. The fraction of sp³-hybridized carbons (Fsp3) is 0.450. The van der Waals surface area contributed by atoms with Gasteiger partial charge in [0.1, 0.15) is 5.69 Å². The van der Waals surface area contributed by atoms with Crippen molar-refractivity contribution in [2.24, 2.45) is 5.92 Å². The summed E-state index contributed by atoms with van der Waals surface area (Å²) < 4.78 is 23.5. The first-order valence-corrected chi connectivity index (χ1v) is 12.7. The average molecular weight is 467 g/mol. The maximum atomic E-state index is 12.8. The Labute approximate surface area is 185 Å². The molecule has 168 valence electrons. The fourth-order valence-corrected chi connectivity index (χ4v) is 5.15. The van der Waals surface area contributed by atoms with E-state index in [9.17, 15) is 23.3 Å². The summed E-state index contributed by atoms with van der Waals surface area (Å²) in [6.07, 6.45) is 1.02. The number of anilines is 1. The fourth-order valence-electron chi connectivity index (χ4n) is 3.56. The number of urea groups is 1. The predicted molar refractivity (Wildman–Crippen MR) is 120 cm³/mol. The highest BCUT2D eigenvalue weighted by Gasteiger charge is 2.29. The van der Waals surface area contributed by atoms with E-state index in [0.717, 1.165) is 17.2 Å². The Bertz CT molecular complexity index is 1050. The van der Waals surface area contributed by atoms with Crippen LogP contribution in [0.5, 0.6) is 0 Å². The highest BCUT2D eigenvalue weighted by atomic mass is 32.2. The molecule has 1 N–H and O–H groups in total. The van der Waals surface area contributed by atoms with Gasteiger partial charge in [0.25, 0.3) is 5.69 Å². The van der Waals surface area contributed by atoms with Crippen LogP contribution < -0.4 is 10.2 Å². The maximum absolute atomic E-state index is 12.8. The van der Waals surface area contributed by atoms with Gasteiger partial charge in [-0.25, -0.2) is 13.2 Å². The monoisotopic (exact) mass is 466 g/mol. The quantitative estimate of drug-likeness (QED) is 0.516. The number of hydrogen-bond donors (Lipinski definition) is 1. The lowest BCUT2D eigenvalue weighted by molar-refractivity contribution is -0.384. The summed E-state index contributed by atoms with van der Waals surface area (Å²) in [5.41, 5.74) is 0.106. The summed E-state index contributed by atoms with van der Waals surface area (Å²) >= 11 is 1.60. The van der Waals surface area contributed by atoms with E-state index in [1.807, 2.05) is 22.4 Å². The Morgan fingerprint density at radius 1 is 1.19 bits per heavy atom. The van der Waals surface area contributed by atoms with Gasteiger partial charge in [0.05, 0.1) is 15.9 Å². The van der Waals surface area contributed by atoms with Crippen LogP contribution in [0.15, 0.2) is 40.6 Å². The minimum absolute atomic E-state index is 0.0739. The van der Waals surface area contributed by atoms with Crippen molar-refractivity contribution in [2.75, 3.05) is 37.3 Å². The third kappa shape index (κ3) is 5.34. The Balaban J connectivity index is 1.69. The number of thiophene rings is 1. The van der Waals surface area contributed by atoms with Gasteiger partial charge in [-0.3, -0.25) is 10.1 Å². The number of nitrogens with zero attached hydrogens (tertiary/aromatic N) is 3. The molecule has 0 saturated carbocycles. The summed E-state index contributed by atoms with van der Waals surface area (Å²) in [6, 6.07) is 7.68. The van der Waals surface area contributed by atoms with Crippen LogP contribution in [0.4, 0.5) is 16.2 Å². The number of nitrogens with one attached hydrogen (secondary N) is 1. The smallest absolute Gasteiger partial charge is 0.318 e. The van der Waals surface area contributed by atoms with Gasteiger partial charge in [-0.15, -0.1) is 11.3 Å². The number of carbonyl (C=O) groups excluding carboxylic acids is 1. The first kappa shape index (κ1) is 23.0. The summed E-state index contributed by atoms with van der Waals surface area (Å²) in [5, 5.41) is 16.6. The standard InChI is InChI=1S/C20H26N4O5S2/c1-14(2)19(18-5-4-12-30-18)21-20(25)23-10-8-22(9-11-23)16-7-6-15(31(3,28)29)13-17(16)24(26)27/h4-7,12-14,19H,8-11H2,1-3H3,(H,21,25). The third-order valence-corrected chi connectivity index (χ3v) is 7.34. The summed E-state index contributed by atoms with van der Waals surface area (Å²) in [6.45, 7) is 5.76. The lowest BCUT2D eigenvalue weighted by Crippen LogP contribution is -2.52. The molecule has 2 amide bonds. The largest absolute Gasteiger partial charge is 0.362 e. The highest BCUT2D eigenvalue weighted by Crippen LogP contribution is 2.32. The third-order valence-electron chi connectivity index (χ3n) is 5.27. The lowest BCUT2D eigenvalue weighted by Gasteiger charge is -2.36. The Kier molecular flexibility index (Phi) is 6.85. The zero-order chi connectivity index (χ0) is 22.8. The Morgan fingerprint density at radius 3 is 2.39 bits per heavy atom. The van der Waals surface area contributed by atoms with Crippen molar-refractivity contribution in [3.05, 3.63) is 50.7 Å². The van der Waals surface area contributed by atoms with E-state index >= 15 is 0 Å². The highest BCUT2D eigenvalue weighted by molar-refractivity contribution is 7.90. The van der Waals surface area contributed by atoms with E-state index in [1.165, 1.54) is 12.1 Å². The molecule has 1 aromatic carbocycles. The molecule has 0 spiro atoms.